The smallest absolute Gasteiger partial charge is 0.325 e. The van der Waals surface area contributed by atoms with Gasteiger partial charge in [-0.3, -0.25) is 14.3 Å². The Hall–Kier alpha value is -1.85. The number of hydrogen-bond acceptors (Lipinski definition) is 3. The van der Waals surface area contributed by atoms with Gasteiger partial charge in [-0.2, -0.15) is 5.10 Å². The van der Waals surface area contributed by atoms with Crippen molar-refractivity contribution in [3.63, 3.8) is 0 Å². The van der Waals surface area contributed by atoms with E-state index in [1.807, 2.05) is 0 Å². The molecule has 0 atom stereocenters. The summed E-state index contributed by atoms with van der Waals surface area (Å²) in [7, 11) is 0. The molecule has 0 saturated heterocycles. The van der Waals surface area contributed by atoms with Gasteiger partial charge in [0.05, 0.1) is 11.9 Å². The van der Waals surface area contributed by atoms with Crippen LogP contribution in [0.15, 0.2) is 12.4 Å². The Morgan fingerprint density at radius 3 is 2.79 bits per heavy atom. The average Bonchev–Trinajstić information content (AvgIpc) is 2.76. The maximum absolute atomic E-state index is 11.8. The van der Waals surface area contributed by atoms with Crippen molar-refractivity contribution in [1.82, 2.24) is 9.78 Å². The lowest BCUT2D eigenvalue weighted by Gasteiger charge is -2.20. The number of carboxylic acid groups (broad SMARTS) is 1. The third-order valence-electron chi connectivity index (χ3n) is 3.41. The topological polar surface area (TPSA) is 84.2 Å². The lowest BCUT2D eigenvalue weighted by Crippen LogP contribution is -2.18. The molecule has 1 fully saturated rings. The van der Waals surface area contributed by atoms with Crippen LogP contribution in [0.1, 0.15) is 38.5 Å². The summed E-state index contributed by atoms with van der Waals surface area (Å²) in [5.74, 6) is -0.479. The standard InChI is InChI=1S/C13H19N3O3/c17-12(6-10-4-2-1-3-5-10)15-11-7-14-16(8-11)9-13(18)19/h7-8,10H,1-6,9H2,(H,15,17)(H,18,19). The van der Waals surface area contributed by atoms with Crippen LogP contribution in [0.5, 0.6) is 0 Å². The molecule has 2 rings (SSSR count). The zero-order valence-electron chi connectivity index (χ0n) is 10.8. The first kappa shape index (κ1) is 13.6. The largest absolute Gasteiger partial charge is 0.480 e. The zero-order chi connectivity index (χ0) is 13.7. The van der Waals surface area contributed by atoms with Crippen LogP contribution in [-0.2, 0) is 16.1 Å². The Morgan fingerprint density at radius 2 is 2.11 bits per heavy atom. The van der Waals surface area contributed by atoms with Crippen LogP contribution in [-0.4, -0.2) is 26.8 Å². The van der Waals surface area contributed by atoms with Crippen LogP contribution in [0, 0.1) is 5.92 Å². The molecule has 19 heavy (non-hydrogen) atoms. The minimum absolute atomic E-state index is 0.0122. The molecule has 0 unspecified atom stereocenters. The molecule has 0 spiro atoms. The average molecular weight is 265 g/mol. The molecule has 104 valence electrons. The summed E-state index contributed by atoms with van der Waals surface area (Å²) >= 11 is 0. The first-order chi connectivity index (χ1) is 9.13. The van der Waals surface area contributed by atoms with Gasteiger partial charge in [0, 0.05) is 12.6 Å². The minimum Gasteiger partial charge on any atom is -0.480 e. The fraction of sp³-hybridized carbons (Fsp3) is 0.615. The van der Waals surface area contributed by atoms with Crippen LogP contribution >= 0.6 is 0 Å². The molecule has 2 N–H and O–H groups in total. The van der Waals surface area contributed by atoms with E-state index in [-0.39, 0.29) is 12.5 Å². The van der Waals surface area contributed by atoms with Crippen LogP contribution in [0.2, 0.25) is 0 Å². The third-order valence-corrected chi connectivity index (χ3v) is 3.41. The maximum atomic E-state index is 11.8. The number of carbonyl (C=O) groups is 2. The van der Waals surface area contributed by atoms with Crippen molar-refractivity contribution in [3.05, 3.63) is 12.4 Å². The number of nitrogens with one attached hydrogen (secondary N) is 1. The molecule has 1 aliphatic rings. The van der Waals surface area contributed by atoms with Gasteiger partial charge in [0.2, 0.25) is 5.91 Å². The first-order valence-electron chi connectivity index (χ1n) is 6.67. The summed E-state index contributed by atoms with van der Waals surface area (Å²) in [6, 6.07) is 0. The predicted octanol–water partition coefficient (Wildman–Crippen LogP) is 1.88. The van der Waals surface area contributed by atoms with Crippen LogP contribution in [0.4, 0.5) is 5.69 Å². The van der Waals surface area contributed by atoms with Crippen molar-refractivity contribution in [3.8, 4) is 0 Å². The molecule has 0 aliphatic heterocycles. The van der Waals surface area contributed by atoms with Gasteiger partial charge in [0.15, 0.2) is 0 Å². The number of aromatic nitrogens is 2. The van der Waals surface area contributed by atoms with E-state index in [2.05, 4.69) is 10.4 Å². The molecule has 1 heterocycles. The summed E-state index contributed by atoms with van der Waals surface area (Å²) in [5, 5.41) is 15.3. The summed E-state index contributed by atoms with van der Waals surface area (Å²) < 4.78 is 1.29. The van der Waals surface area contributed by atoms with E-state index < -0.39 is 5.97 Å². The molecule has 1 aromatic rings. The third kappa shape index (κ3) is 4.39. The van der Waals surface area contributed by atoms with Gasteiger partial charge in [0.25, 0.3) is 0 Å². The van der Waals surface area contributed by atoms with E-state index in [9.17, 15) is 9.59 Å². The van der Waals surface area contributed by atoms with Gasteiger partial charge in [-0.15, -0.1) is 0 Å². The molecule has 1 amide bonds. The lowest BCUT2D eigenvalue weighted by atomic mass is 9.87. The van der Waals surface area contributed by atoms with Crippen molar-refractivity contribution < 1.29 is 14.7 Å². The summed E-state index contributed by atoms with van der Waals surface area (Å²) in [6.07, 6.45) is 9.53. The van der Waals surface area contributed by atoms with E-state index in [4.69, 9.17) is 5.11 Å². The van der Waals surface area contributed by atoms with Gasteiger partial charge >= 0.3 is 5.97 Å². The molecule has 1 aliphatic carbocycles. The highest BCUT2D eigenvalue weighted by Crippen LogP contribution is 2.26. The van der Waals surface area contributed by atoms with E-state index in [1.165, 1.54) is 36.3 Å². The van der Waals surface area contributed by atoms with E-state index >= 15 is 0 Å². The number of amides is 1. The maximum Gasteiger partial charge on any atom is 0.325 e. The normalized spacial score (nSPS) is 16.2. The van der Waals surface area contributed by atoms with Crippen molar-refractivity contribution in [1.29, 1.82) is 0 Å². The summed E-state index contributed by atoms with van der Waals surface area (Å²) in [6.45, 7) is -0.196. The lowest BCUT2D eigenvalue weighted by molar-refractivity contribution is -0.137. The molecule has 6 nitrogen and oxygen atoms in total. The number of aliphatic carboxylic acids is 1. The first-order valence-corrected chi connectivity index (χ1v) is 6.67. The van der Waals surface area contributed by atoms with Gasteiger partial charge in [-0.1, -0.05) is 19.3 Å². The van der Waals surface area contributed by atoms with E-state index in [0.717, 1.165) is 12.8 Å². The second-order valence-electron chi connectivity index (χ2n) is 5.08. The Bertz CT molecular complexity index is 450. The second kappa shape index (κ2) is 6.36. The molecule has 1 saturated carbocycles. The van der Waals surface area contributed by atoms with Gasteiger partial charge in [-0.05, 0) is 18.8 Å². The summed E-state index contributed by atoms with van der Waals surface area (Å²) in [4.78, 5) is 22.4. The minimum atomic E-state index is -0.955. The quantitative estimate of drug-likeness (QED) is 0.851. The highest BCUT2D eigenvalue weighted by atomic mass is 16.4. The van der Waals surface area contributed by atoms with Crippen molar-refractivity contribution in [2.24, 2.45) is 5.92 Å². The van der Waals surface area contributed by atoms with Crippen LogP contribution in [0.25, 0.3) is 0 Å². The zero-order valence-corrected chi connectivity index (χ0v) is 10.8. The molecular formula is C13H19N3O3. The van der Waals surface area contributed by atoms with Crippen LogP contribution < -0.4 is 5.32 Å². The molecular weight excluding hydrogens is 246 g/mol. The van der Waals surface area contributed by atoms with Crippen molar-refractivity contribution in [2.45, 2.75) is 45.1 Å². The predicted molar refractivity (Wildman–Crippen MR) is 69.7 cm³/mol. The molecule has 0 aromatic carbocycles. The second-order valence-corrected chi connectivity index (χ2v) is 5.08. The monoisotopic (exact) mass is 265 g/mol. The van der Waals surface area contributed by atoms with Gasteiger partial charge in [0.1, 0.15) is 6.54 Å². The Kier molecular flexibility index (Phi) is 4.54. The summed E-state index contributed by atoms with van der Waals surface area (Å²) in [5.41, 5.74) is 0.557. The Labute approximate surface area is 111 Å². The van der Waals surface area contributed by atoms with Crippen LogP contribution in [0.3, 0.4) is 0 Å². The fourth-order valence-electron chi connectivity index (χ4n) is 2.52. The van der Waals surface area contributed by atoms with Crippen molar-refractivity contribution >= 4 is 17.6 Å². The SMILES string of the molecule is O=C(O)Cn1cc(NC(=O)CC2CCCCC2)cn1. The fourth-order valence-corrected chi connectivity index (χ4v) is 2.52. The van der Waals surface area contributed by atoms with E-state index in [0.29, 0.717) is 18.0 Å². The Morgan fingerprint density at radius 1 is 1.37 bits per heavy atom. The number of anilines is 1. The number of hydrogen-bond donors (Lipinski definition) is 2. The van der Waals surface area contributed by atoms with Gasteiger partial charge < -0.3 is 10.4 Å². The van der Waals surface area contributed by atoms with Crippen molar-refractivity contribution in [2.75, 3.05) is 5.32 Å². The van der Waals surface area contributed by atoms with E-state index in [1.54, 1.807) is 0 Å². The van der Waals surface area contributed by atoms with Gasteiger partial charge in [-0.25, -0.2) is 0 Å². The Balaban J connectivity index is 1.81. The highest BCUT2D eigenvalue weighted by molar-refractivity contribution is 5.90. The molecule has 1 aromatic heterocycles. The molecule has 0 bridgehead atoms. The number of nitrogens with zero attached hydrogens (tertiary/aromatic N) is 2. The number of carboxylic acids is 1. The molecule has 0 radical (unpaired) electrons. The highest BCUT2D eigenvalue weighted by Gasteiger charge is 2.17. The number of rotatable bonds is 5. The number of carbonyl (C=O) groups excluding carboxylic acids is 1. The molecule has 6 heteroatoms.